The minimum atomic E-state index is 0. The molecule has 0 radical (unpaired) electrons. The second-order valence-electron chi connectivity index (χ2n) is 6.01. The summed E-state index contributed by atoms with van der Waals surface area (Å²) >= 11 is 2.07. The van der Waals surface area contributed by atoms with E-state index in [0.717, 1.165) is 45.2 Å². The van der Waals surface area contributed by atoms with Crippen molar-refractivity contribution in [3.8, 4) is 0 Å². The number of guanidine groups is 1. The Hall–Kier alpha value is 0.270. The molecule has 2 N–H and O–H groups in total. The van der Waals surface area contributed by atoms with E-state index in [-0.39, 0.29) is 29.5 Å². The van der Waals surface area contributed by atoms with Crippen molar-refractivity contribution < 1.29 is 4.74 Å². The van der Waals surface area contributed by atoms with E-state index in [0.29, 0.717) is 6.04 Å². The van der Waals surface area contributed by atoms with Gasteiger partial charge in [0.25, 0.3) is 0 Å². The van der Waals surface area contributed by atoms with Gasteiger partial charge in [0.15, 0.2) is 5.96 Å². The fraction of sp³-hybridized carbons (Fsp3) is 0.933. The molecule has 7 heteroatoms. The maximum atomic E-state index is 5.51. The maximum Gasteiger partial charge on any atom is 0.191 e. The van der Waals surface area contributed by atoms with Gasteiger partial charge in [0.2, 0.25) is 0 Å². The SMILES string of the molecule is CCC(C)NC(=NC)NCC1(N2CCOCC2)CCSC1.I. The highest BCUT2D eigenvalue weighted by Crippen LogP contribution is 2.33. The first-order valence-electron chi connectivity index (χ1n) is 8.08. The summed E-state index contributed by atoms with van der Waals surface area (Å²) in [4.78, 5) is 6.98. The zero-order chi connectivity index (χ0) is 15.1. The van der Waals surface area contributed by atoms with Crippen LogP contribution in [0.2, 0.25) is 0 Å². The van der Waals surface area contributed by atoms with E-state index < -0.39 is 0 Å². The number of morpholine rings is 1. The van der Waals surface area contributed by atoms with Crippen LogP contribution in [0.5, 0.6) is 0 Å². The minimum absolute atomic E-state index is 0. The second kappa shape index (κ2) is 10.2. The molecular weight excluding hydrogens is 411 g/mol. The Balaban J connectivity index is 0.00000242. The van der Waals surface area contributed by atoms with Gasteiger partial charge in [0.1, 0.15) is 0 Å². The van der Waals surface area contributed by atoms with Crippen molar-refractivity contribution >= 4 is 41.7 Å². The molecule has 0 aliphatic carbocycles. The average molecular weight is 442 g/mol. The van der Waals surface area contributed by atoms with Crippen molar-refractivity contribution in [2.75, 3.05) is 51.4 Å². The van der Waals surface area contributed by atoms with Gasteiger partial charge < -0.3 is 15.4 Å². The summed E-state index contributed by atoms with van der Waals surface area (Å²) in [5.41, 5.74) is 0.265. The predicted octanol–water partition coefficient (Wildman–Crippen LogP) is 1.78. The van der Waals surface area contributed by atoms with Gasteiger partial charge in [-0.1, -0.05) is 6.92 Å². The Labute approximate surface area is 156 Å². The number of nitrogens with zero attached hydrogens (tertiary/aromatic N) is 2. The van der Waals surface area contributed by atoms with E-state index in [2.05, 4.69) is 46.1 Å². The van der Waals surface area contributed by atoms with Crippen LogP contribution in [0.15, 0.2) is 4.99 Å². The molecule has 5 nitrogen and oxygen atoms in total. The fourth-order valence-corrected chi connectivity index (χ4v) is 4.39. The largest absolute Gasteiger partial charge is 0.379 e. The molecule has 2 atom stereocenters. The van der Waals surface area contributed by atoms with Crippen molar-refractivity contribution in [1.29, 1.82) is 0 Å². The van der Waals surface area contributed by atoms with Crippen molar-refractivity contribution in [2.45, 2.75) is 38.3 Å². The number of thioether (sulfide) groups is 1. The van der Waals surface area contributed by atoms with Gasteiger partial charge in [0, 0.05) is 44.0 Å². The van der Waals surface area contributed by atoms with E-state index in [9.17, 15) is 0 Å². The molecule has 0 spiro atoms. The number of halogens is 1. The zero-order valence-corrected chi connectivity index (χ0v) is 17.2. The van der Waals surface area contributed by atoms with Gasteiger partial charge in [-0.15, -0.1) is 24.0 Å². The summed E-state index contributed by atoms with van der Waals surface area (Å²) in [6, 6.07) is 0.452. The molecule has 0 saturated carbocycles. The Morgan fingerprint density at radius 1 is 1.41 bits per heavy atom. The molecule has 2 aliphatic heterocycles. The highest BCUT2D eigenvalue weighted by molar-refractivity contribution is 14.0. The molecule has 0 amide bonds. The molecule has 2 aliphatic rings. The standard InChI is InChI=1S/C15H30N4OS.HI/c1-4-13(2)18-14(16-3)17-11-15(5-10-21-12-15)19-6-8-20-9-7-19;/h13H,4-12H2,1-3H3,(H2,16,17,18);1H. The quantitative estimate of drug-likeness (QED) is 0.386. The third-order valence-corrected chi connectivity index (χ3v) is 5.80. The molecule has 2 saturated heterocycles. The zero-order valence-electron chi connectivity index (χ0n) is 14.1. The van der Waals surface area contributed by atoms with Crippen molar-refractivity contribution in [3.63, 3.8) is 0 Å². The second-order valence-corrected chi connectivity index (χ2v) is 7.11. The summed E-state index contributed by atoms with van der Waals surface area (Å²) in [5, 5.41) is 7.01. The van der Waals surface area contributed by atoms with Gasteiger partial charge in [-0.3, -0.25) is 9.89 Å². The predicted molar refractivity (Wildman–Crippen MR) is 107 cm³/mol. The van der Waals surface area contributed by atoms with Crippen LogP contribution in [0.1, 0.15) is 26.7 Å². The van der Waals surface area contributed by atoms with Gasteiger partial charge in [-0.25, -0.2) is 0 Å². The molecule has 0 aromatic rings. The Bertz CT molecular complexity index is 344. The summed E-state index contributed by atoms with van der Waals surface area (Å²) in [6.45, 7) is 9.19. The van der Waals surface area contributed by atoms with E-state index in [1.54, 1.807) is 0 Å². The topological polar surface area (TPSA) is 48.9 Å². The molecule has 130 valence electrons. The van der Waals surface area contributed by atoms with Gasteiger partial charge in [-0.05, 0) is 25.5 Å². The maximum absolute atomic E-state index is 5.51. The highest BCUT2D eigenvalue weighted by atomic mass is 127. The Morgan fingerprint density at radius 2 is 2.14 bits per heavy atom. The number of nitrogens with one attached hydrogen (secondary N) is 2. The lowest BCUT2D eigenvalue weighted by atomic mass is 9.95. The highest BCUT2D eigenvalue weighted by Gasteiger charge is 2.40. The smallest absolute Gasteiger partial charge is 0.191 e. The van der Waals surface area contributed by atoms with E-state index >= 15 is 0 Å². The first-order valence-corrected chi connectivity index (χ1v) is 9.23. The molecular formula is C15H31IN4OS. The number of rotatable bonds is 5. The van der Waals surface area contributed by atoms with Crippen LogP contribution in [-0.4, -0.2) is 73.8 Å². The summed E-state index contributed by atoms with van der Waals surface area (Å²) < 4.78 is 5.51. The van der Waals surface area contributed by atoms with Crippen LogP contribution in [0, 0.1) is 0 Å². The van der Waals surface area contributed by atoms with Crippen LogP contribution >= 0.6 is 35.7 Å². The van der Waals surface area contributed by atoms with E-state index in [1.807, 2.05) is 7.05 Å². The minimum Gasteiger partial charge on any atom is -0.379 e. The molecule has 0 aromatic carbocycles. The van der Waals surface area contributed by atoms with Crippen LogP contribution in [0.4, 0.5) is 0 Å². The summed E-state index contributed by atoms with van der Waals surface area (Å²) in [5.74, 6) is 3.39. The number of hydrogen-bond acceptors (Lipinski definition) is 4. The van der Waals surface area contributed by atoms with Crippen molar-refractivity contribution in [3.05, 3.63) is 0 Å². The molecule has 0 bridgehead atoms. The number of aliphatic imine (C=N–C) groups is 1. The number of ether oxygens (including phenoxy) is 1. The molecule has 2 unspecified atom stereocenters. The third kappa shape index (κ3) is 5.42. The van der Waals surface area contributed by atoms with Crippen LogP contribution in [0.25, 0.3) is 0 Å². The first kappa shape index (κ1) is 20.3. The molecule has 22 heavy (non-hydrogen) atoms. The monoisotopic (exact) mass is 442 g/mol. The lowest BCUT2D eigenvalue weighted by Gasteiger charge is -2.43. The van der Waals surface area contributed by atoms with Crippen molar-refractivity contribution in [1.82, 2.24) is 15.5 Å². The first-order chi connectivity index (χ1) is 10.2. The van der Waals surface area contributed by atoms with Gasteiger partial charge >= 0.3 is 0 Å². The van der Waals surface area contributed by atoms with Gasteiger partial charge in [0.05, 0.1) is 13.2 Å². The Kier molecular flexibility index (Phi) is 9.42. The lowest BCUT2D eigenvalue weighted by molar-refractivity contribution is -0.0120. The van der Waals surface area contributed by atoms with Gasteiger partial charge in [-0.2, -0.15) is 11.8 Å². The van der Waals surface area contributed by atoms with Crippen LogP contribution in [-0.2, 0) is 4.74 Å². The Morgan fingerprint density at radius 3 is 2.68 bits per heavy atom. The average Bonchev–Trinajstić information content (AvgIpc) is 3.02. The van der Waals surface area contributed by atoms with Crippen LogP contribution < -0.4 is 10.6 Å². The molecule has 2 rings (SSSR count). The third-order valence-electron chi connectivity index (χ3n) is 4.57. The summed E-state index contributed by atoms with van der Waals surface area (Å²) in [7, 11) is 1.85. The normalized spacial score (nSPS) is 28.0. The van der Waals surface area contributed by atoms with E-state index in [4.69, 9.17) is 4.74 Å². The lowest BCUT2D eigenvalue weighted by Crippen LogP contribution is -2.60. The molecule has 0 aromatic heterocycles. The van der Waals surface area contributed by atoms with Crippen molar-refractivity contribution in [2.24, 2.45) is 4.99 Å². The van der Waals surface area contributed by atoms with E-state index in [1.165, 1.54) is 17.9 Å². The number of hydrogen-bond donors (Lipinski definition) is 2. The summed E-state index contributed by atoms with van der Waals surface area (Å²) in [6.07, 6.45) is 2.36. The molecule has 2 heterocycles. The fourth-order valence-electron chi connectivity index (χ4n) is 2.91. The molecule has 2 fully saturated rings. The van der Waals surface area contributed by atoms with Crippen LogP contribution in [0.3, 0.4) is 0 Å².